The Bertz CT molecular complexity index is 893. The number of carbonyl (C=O) groups excluding carboxylic acids is 1. The second-order valence-corrected chi connectivity index (χ2v) is 9.72. The average Bonchev–Trinajstić information content (AvgIpc) is 2.67. The monoisotopic (exact) mass is 400 g/mol. The van der Waals surface area contributed by atoms with Crippen molar-refractivity contribution in [2.75, 3.05) is 16.6 Å². The highest BCUT2D eigenvalue weighted by molar-refractivity contribution is 7.92. The molecular weight excluding hydrogens is 372 g/mol. The van der Waals surface area contributed by atoms with Crippen molar-refractivity contribution in [3.63, 3.8) is 0 Å². The van der Waals surface area contributed by atoms with Crippen molar-refractivity contribution in [2.24, 2.45) is 5.92 Å². The van der Waals surface area contributed by atoms with Crippen LogP contribution in [0.5, 0.6) is 0 Å². The minimum Gasteiger partial charge on any atom is -0.345 e. The van der Waals surface area contributed by atoms with E-state index in [9.17, 15) is 13.2 Å². The molecule has 2 aromatic carbocycles. The second-order valence-electron chi connectivity index (χ2n) is 7.71. The van der Waals surface area contributed by atoms with Gasteiger partial charge in [-0.15, -0.1) is 0 Å². The maximum Gasteiger partial charge on any atom is 0.251 e. The number of nitrogens with one attached hydrogen (secondary N) is 1. The van der Waals surface area contributed by atoms with E-state index in [0.29, 0.717) is 30.1 Å². The van der Waals surface area contributed by atoms with E-state index in [2.05, 4.69) is 19.2 Å². The predicted molar refractivity (Wildman–Crippen MR) is 113 cm³/mol. The summed E-state index contributed by atoms with van der Waals surface area (Å²) in [6.45, 7) is 4.77. The first-order valence-corrected chi connectivity index (χ1v) is 11.4. The van der Waals surface area contributed by atoms with Gasteiger partial charge in [-0.05, 0) is 55.0 Å². The molecule has 1 unspecified atom stereocenters. The molecule has 1 fully saturated rings. The maximum absolute atomic E-state index is 12.8. The first kappa shape index (κ1) is 20.4. The number of anilines is 1. The van der Waals surface area contributed by atoms with Crippen LogP contribution in [-0.2, 0) is 10.0 Å². The Morgan fingerprint density at radius 3 is 2.32 bits per heavy atom. The summed E-state index contributed by atoms with van der Waals surface area (Å²) in [6, 6.07) is 16.7. The molecule has 0 radical (unpaired) electrons. The van der Waals surface area contributed by atoms with Crippen LogP contribution in [0.1, 0.15) is 55.1 Å². The fourth-order valence-corrected chi connectivity index (χ4v) is 5.17. The topological polar surface area (TPSA) is 66.5 Å². The molecule has 0 bridgehead atoms. The largest absolute Gasteiger partial charge is 0.345 e. The van der Waals surface area contributed by atoms with Crippen LogP contribution in [-0.4, -0.2) is 26.6 Å². The third-order valence-electron chi connectivity index (χ3n) is 4.98. The Morgan fingerprint density at radius 1 is 1.04 bits per heavy atom. The Balaban J connectivity index is 1.74. The molecule has 28 heavy (non-hydrogen) atoms. The molecule has 1 aliphatic heterocycles. The van der Waals surface area contributed by atoms with Crippen molar-refractivity contribution in [3.8, 4) is 0 Å². The lowest BCUT2D eigenvalue weighted by Gasteiger charge is -2.28. The Labute approximate surface area is 167 Å². The molecule has 0 spiro atoms. The van der Waals surface area contributed by atoms with Gasteiger partial charge in [0.15, 0.2) is 0 Å². The average molecular weight is 401 g/mol. The van der Waals surface area contributed by atoms with Gasteiger partial charge in [-0.25, -0.2) is 8.42 Å². The van der Waals surface area contributed by atoms with Crippen LogP contribution in [0.2, 0.25) is 0 Å². The van der Waals surface area contributed by atoms with Crippen LogP contribution in [0.15, 0.2) is 54.6 Å². The molecule has 0 saturated carbocycles. The van der Waals surface area contributed by atoms with Crippen molar-refractivity contribution >= 4 is 21.6 Å². The van der Waals surface area contributed by atoms with Crippen LogP contribution < -0.4 is 9.62 Å². The Hall–Kier alpha value is -2.34. The van der Waals surface area contributed by atoms with Crippen LogP contribution in [0.4, 0.5) is 5.69 Å². The molecule has 0 aromatic heterocycles. The van der Waals surface area contributed by atoms with Gasteiger partial charge in [-0.3, -0.25) is 9.10 Å². The highest BCUT2D eigenvalue weighted by Crippen LogP contribution is 2.25. The molecule has 1 heterocycles. The highest BCUT2D eigenvalue weighted by Gasteiger charge is 2.26. The van der Waals surface area contributed by atoms with Crippen molar-refractivity contribution < 1.29 is 13.2 Å². The number of rotatable bonds is 6. The third kappa shape index (κ3) is 4.93. The normalized spacial score (nSPS) is 17.3. The van der Waals surface area contributed by atoms with E-state index in [-0.39, 0.29) is 17.7 Å². The number of carbonyl (C=O) groups is 1. The minimum atomic E-state index is -3.25. The number of amides is 1. The second kappa shape index (κ2) is 8.78. The van der Waals surface area contributed by atoms with E-state index in [4.69, 9.17) is 0 Å². The first-order chi connectivity index (χ1) is 13.4. The van der Waals surface area contributed by atoms with Crippen LogP contribution in [0.25, 0.3) is 0 Å². The molecule has 6 heteroatoms. The summed E-state index contributed by atoms with van der Waals surface area (Å²) in [7, 11) is -3.25. The van der Waals surface area contributed by atoms with Gasteiger partial charge in [0, 0.05) is 12.1 Å². The van der Waals surface area contributed by atoms with Gasteiger partial charge < -0.3 is 5.32 Å². The quantitative estimate of drug-likeness (QED) is 0.793. The zero-order valence-corrected chi connectivity index (χ0v) is 17.3. The summed E-state index contributed by atoms with van der Waals surface area (Å²) >= 11 is 0. The predicted octanol–water partition coefficient (Wildman–Crippen LogP) is 4.13. The van der Waals surface area contributed by atoms with Crippen molar-refractivity contribution in [1.29, 1.82) is 0 Å². The molecule has 3 rings (SSSR count). The zero-order valence-electron chi connectivity index (χ0n) is 16.5. The molecule has 2 aromatic rings. The van der Waals surface area contributed by atoms with Gasteiger partial charge >= 0.3 is 0 Å². The van der Waals surface area contributed by atoms with Gasteiger partial charge in [0.1, 0.15) is 0 Å². The highest BCUT2D eigenvalue weighted by atomic mass is 32.2. The number of nitrogens with zero attached hydrogens (tertiary/aromatic N) is 1. The van der Waals surface area contributed by atoms with E-state index in [1.54, 1.807) is 24.3 Å². The minimum absolute atomic E-state index is 0.0594. The lowest BCUT2D eigenvalue weighted by atomic mass is 9.96. The Morgan fingerprint density at radius 2 is 1.71 bits per heavy atom. The summed E-state index contributed by atoms with van der Waals surface area (Å²) in [5.41, 5.74) is 2.24. The van der Waals surface area contributed by atoms with Gasteiger partial charge in [0.05, 0.1) is 17.5 Å². The van der Waals surface area contributed by atoms with Gasteiger partial charge in [-0.1, -0.05) is 44.2 Å². The molecule has 1 atom stereocenters. The number of benzene rings is 2. The molecule has 1 saturated heterocycles. The Kier molecular flexibility index (Phi) is 6.39. The number of hydrogen-bond donors (Lipinski definition) is 1. The van der Waals surface area contributed by atoms with Crippen LogP contribution in [0, 0.1) is 5.92 Å². The molecule has 0 aliphatic carbocycles. The molecule has 1 N–H and O–H groups in total. The van der Waals surface area contributed by atoms with Crippen molar-refractivity contribution in [1.82, 2.24) is 5.32 Å². The van der Waals surface area contributed by atoms with Crippen molar-refractivity contribution in [2.45, 2.75) is 39.2 Å². The van der Waals surface area contributed by atoms with Crippen LogP contribution >= 0.6 is 0 Å². The van der Waals surface area contributed by atoms with E-state index in [1.807, 2.05) is 30.3 Å². The lowest BCUT2D eigenvalue weighted by Crippen LogP contribution is -2.37. The molecule has 150 valence electrons. The molecule has 1 amide bonds. The fraction of sp³-hybridized carbons (Fsp3) is 0.409. The summed E-state index contributed by atoms with van der Waals surface area (Å²) in [6.07, 6.45) is 2.41. The van der Waals surface area contributed by atoms with Gasteiger partial charge in [0.2, 0.25) is 10.0 Å². The van der Waals surface area contributed by atoms with Gasteiger partial charge in [-0.2, -0.15) is 0 Å². The van der Waals surface area contributed by atoms with Gasteiger partial charge in [0.25, 0.3) is 5.91 Å². The first-order valence-electron chi connectivity index (χ1n) is 9.83. The maximum atomic E-state index is 12.8. The fourth-order valence-electron chi connectivity index (χ4n) is 3.53. The zero-order chi connectivity index (χ0) is 20.1. The number of hydrogen-bond acceptors (Lipinski definition) is 3. The van der Waals surface area contributed by atoms with Crippen molar-refractivity contribution in [3.05, 3.63) is 65.7 Å². The van der Waals surface area contributed by atoms with E-state index in [0.717, 1.165) is 18.4 Å². The summed E-state index contributed by atoms with van der Waals surface area (Å²) < 4.78 is 26.0. The molecule has 1 aliphatic rings. The van der Waals surface area contributed by atoms with E-state index < -0.39 is 10.0 Å². The summed E-state index contributed by atoms with van der Waals surface area (Å²) in [5, 5.41) is 3.13. The number of sulfonamides is 1. The van der Waals surface area contributed by atoms with Crippen LogP contribution in [0.3, 0.4) is 0 Å². The smallest absolute Gasteiger partial charge is 0.251 e. The lowest BCUT2D eigenvalue weighted by molar-refractivity contribution is 0.0932. The summed E-state index contributed by atoms with van der Waals surface area (Å²) in [4.78, 5) is 12.8. The van der Waals surface area contributed by atoms with E-state index in [1.165, 1.54) is 4.31 Å². The molecule has 5 nitrogen and oxygen atoms in total. The standard InChI is InChI=1S/C22H28N2O3S/c1-17(2)16-21(18-8-4-3-5-9-18)23-22(25)19-10-12-20(13-11-19)24-14-6-7-15-28(24,26)27/h3-5,8-13,17,21H,6-7,14-16H2,1-2H3,(H,23,25). The molecular formula is C22H28N2O3S. The SMILES string of the molecule is CC(C)CC(NC(=O)c1ccc(N2CCCCS2(=O)=O)cc1)c1ccccc1. The summed E-state index contributed by atoms with van der Waals surface area (Å²) in [5.74, 6) is 0.475. The van der Waals surface area contributed by atoms with E-state index >= 15 is 0 Å². The third-order valence-corrected chi connectivity index (χ3v) is 6.85.